The third-order valence-electron chi connectivity index (χ3n) is 4.98. The van der Waals surface area contributed by atoms with E-state index in [1.807, 2.05) is 0 Å². The number of halogens is 2. The van der Waals surface area contributed by atoms with Gasteiger partial charge in [-0.3, -0.25) is 14.3 Å². The summed E-state index contributed by atoms with van der Waals surface area (Å²) >= 11 is 0. The van der Waals surface area contributed by atoms with Crippen molar-refractivity contribution in [3.05, 3.63) is 54.1 Å². The number of fused-ring (bicyclic) bond motifs is 1. The first kappa shape index (κ1) is 19.0. The summed E-state index contributed by atoms with van der Waals surface area (Å²) in [6.07, 6.45) is 5.54. The van der Waals surface area contributed by atoms with Gasteiger partial charge in [0.25, 0.3) is 11.8 Å². The summed E-state index contributed by atoms with van der Waals surface area (Å²) in [5, 5.41) is 0.710. The molecular weight excluding hydrogens is 382 g/mol. The van der Waals surface area contributed by atoms with Gasteiger partial charge in [-0.25, -0.2) is 18.6 Å². The first-order chi connectivity index (χ1) is 13.9. The van der Waals surface area contributed by atoms with Crippen molar-refractivity contribution in [2.24, 2.45) is 0 Å². The zero-order chi connectivity index (χ0) is 20.6. The number of nitrogens with zero attached hydrogens (tertiary/aromatic N) is 4. The summed E-state index contributed by atoms with van der Waals surface area (Å²) < 4.78 is 33.1. The Bertz CT molecular complexity index is 1090. The number of hydrogen-bond donors (Lipinski definition) is 0. The maximum atomic E-state index is 13.3. The lowest BCUT2D eigenvalue weighted by Crippen LogP contribution is -2.42. The van der Waals surface area contributed by atoms with Crippen LogP contribution in [0.5, 0.6) is 0 Å². The van der Waals surface area contributed by atoms with E-state index in [1.165, 1.54) is 24.4 Å². The van der Waals surface area contributed by atoms with Crippen molar-refractivity contribution < 1.29 is 23.1 Å². The van der Waals surface area contributed by atoms with Gasteiger partial charge < -0.3 is 9.64 Å². The topological polar surface area (TPSA) is 77.3 Å². The fourth-order valence-electron chi connectivity index (χ4n) is 3.36. The zero-order valence-electron chi connectivity index (χ0n) is 15.6. The highest BCUT2D eigenvalue weighted by molar-refractivity contribution is 5.97. The van der Waals surface area contributed by atoms with Crippen LogP contribution in [0.1, 0.15) is 33.6 Å². The molecule has 29 heavy (non-hydrogen) atoms. The number of carbonyl (C=O) groups is 2. The molecule has 3 aromatic rings. The monoisotopic (exact) mass is 400 g/mol. The SMILES string of the molecule is COC(=O)c1cncc(-n2ccc3cc(C(=O)N4CCC(F)(F)CC4)cnc32)c1. The first-order valence-corrected chi connectivity index (χ1v) is 9.06. The molecule has 3 aromatic heterocycles. The number of pyridine rings is 2. The quantitative estimate of drug-likeness (QED) is 0.632. The van der Waals surface area contributed by atoms with E-state index in [1.54, 1.807) is 35.2 Å². The van der Waals surface area contributed by atoms with Crippen LogP contribution in [0.15, 0.2) is 43.0 Å². The van der Waals surface area contributed by atoms with E-state index in [4.69, 9.17) is 4.74 Å². The van der Waals surface area contributed by atoms with Crippen LogP contribution in [0.2, 0.25) is 0 Å². The summed E-state index contributed by atoms with van der Waals surface area (Å²) in [5.74, 6) is -3.51. The van der Waals surface area contributed by atoms with Crippen molar-refractivity contribution in [2.75, 3.05) is 20.2 Å². The van der Waals surface area contributed by atoms with Gasteiger partial charge in [0.1, 0.15) is 5.65 Å². The van der Waals surface area contributed by atoms with E-state index in [2.05, 4.69) is 9.97 Å². The fourth-order valence-corrected chi connectivity index (χ4v) is 3.36. The number of likely N-dealkylation sites (tertiary alicyclic amines) is 1. The Morgan fingerprint density at radius 1 is 1.10 bits per heavy atom. The minimum atomic E-state index is -2.71. The van der Waals surface area contributed by atoms with Gasteiger partial charge >= 0.3 is 5.97 Å². The molecule has 1 saturated heterocycles. The minimum Gasteiger partial charge on any atom is -0.465 e. The number of amides is 1. The largest absolute Gasteiger partial charge is 0.465 e. The molecule has 0 spiro atoms. The maximum Gasteiger partial charge on any atom is 0.339 e. The van der Waals surface area contributed by atoms with Crippen LogP contribution in [-0.4, -0.2) is 57.4 Å². The molecule has 0 atom stereocenters. The molecule has 1 fully saturated rings. The number of esters is 1. The summed E-state index contributed by atoms with van der Waals surface area (Å²) in [6, 6.07) is 5.10. The van der Waals surface area contributed by atoms with E-state index < -0.39 is 11.9 Å². The Balaban J connectivity index is 1.61. The number of piperidine rings is 1. The van der Waals surface area contributed by atoms with Crippen LogP contribution >= 0.6 is 0 Å². The Kier molecular flexibility index (Phi) is 4.73. The molecule has 7 nitrogen and oxygen atoms in total. The third kappa shape index (κ3) is 3.67. The normalized spacial score (nSPS) is 16.0. The molecule has 1 amide bonds. The van der Waals surface area contributed by atoms with Crippen LogP contribution in [0.3, 0.4) is 0 Å². The Morgan fingerprint density at radius 2 is 1.86 bits per heavy atom. The van der Waals surface area contributed by atoms with E-state index in [0.29, 0.717) is 27.8 Å². The molecule has 0 bridgehead atoms. The number of alkyl halides is 2. The Labute approximate surface area is 164 Å². The summed E-state index contributed by atoms with van der Waals surface area (Å²) in [7, 11) is 1.30. The molecule has 0 aromatic carbocycles. The predicted octanol–water partition coefficient (Wildman–Crippen LogP) is 3.08. The second-order valence-corrected chi connectivity index (χ2v) is 6.89. The Morgan fingerprint density at radius 3 is 2.59 bits per heavy atom. The fraction of sp³-hybridized carbons (Fsp3) is 0.300. The highest BCUT2D eigenvalue weighted by Gasteiger charge is 2.35. The van der Waals surface area contributed by atoms with Crippen LogP contribution < -0.4 is 0 Å². The second kappa shape index (κ2) is 7.23. The lowest BCUT2D eigenvalue weighted by molar-refractivity contribution is -0.0494. The lowest BCUT2D eigenvalue weighted by Gasteiger charge is -2.31. The molecule has 0 saturated carbocycles. The number of aromatic nitrogens is 3. The van der Waals surface area contributed by atoms with Gasteiger partial charge in [-0.15, -0.1) is 0 Å². The minimum absolute atomic E-state index is 0.0247. The van der Waals surface area contributed by atoms with Gasteiger partial charge in [0.2, 0.25) is 0 Å². The van der Waals surface area contributed by atoms with Crippen LogP contribution in [-0.2, 0) is 4.74 Å². The number of rotatable bonds is 3. The smallest absolute Gasteiger partial charge is 0.339 e. The van der Waals surface area contributed by atoms with Crippen LogP contribution in [0.4, 0.5) is 8.78 Å². The van der Waals surface area contributed by atoms with Crippen molar-refractivity contribution in [1.82, 2.24) is 19.4 Å². The first-order valence-electron chi connectivity index (χ1n) is 9.06. The molecule has 1 aliphatic rings. The predicted molar refractivity (Wildman–Crippen MR) is 100 cm³/mol. The molecular formula is C20H18F2N4O3. The van der Waals surface area contributed by atoms with Crippen molar-refractivity contribution in [3.8, 4) is 5.69 Å². The van der Waals surface area contributed by atoms with Crippen molar-refractivity contribution in [1.29, 1.82) is 0 Å². The molecule has 9 heteroatoms. The summed E-state index contributed by atoms with van der Waals surface area (Å²) in [6.45, 7) is 0.0493. The van der Waals surface area contributed by atoms with Crippen molar-refractivity contribution in [2.45, 2.75) is 18.8 Å². The summed E-state index contributed by atoms with van der Waals surface area (Å²) in [5.41, 5.74) is 1.85. The van der Waals surface area contributed by atoms with Crippen molar-refractivity contribution >= 4 is 22.9 Å². The van der Waals surface area contributed by atoms with Gasteiger partial charge in [-0.05, 0) is 18.2 Å². The third-order valence-corrected chi connectivity index (χ3v) is 4.98. The average Bonchev–Trinajstić information content (AvgIpc) is 3.16. The van der Waals surface area contributed by atoms with Gasteiger partial charge in [0.05, 0.1) is 30.1 Å². The Hall–Kier alpha value is -3.36. The number of ether oxygens (including phenoxy) is 1. The van der Waals surface area contributed by atoms with Gasteiger partial charge in [-0.2, -0.15) is 0 Å². The maximum absolute atomic E-state index is 13.3. The van der Waals surface area contributed by atoms with Crippen LogP contribution in [0.25, 0.3) is 16.7 Å². The number of carbonyl (C=O) groups excluding carboxylic acids is 2. The highest BCUT2D eigenvalue weighted by Crippen LogP contribution is 2.29. The number of hydrogen-bond acceptors (Lipinski definition) is 5. The lowest BCUT2D eigenvalue weighted by atomic mass is 10.1. The summed E-state index contributed by atoms with van der Waals surface area (Å²) in [4.78, 5) is 34.3. The van der Waals surface area contributed by atoms with E-state index in [9.17, 15) is 18.4 Å². The van der Waals surface area contributed by atoms with Gasteiger partial charge in [-0.1, -0.05) is 0 Å². The van der Waals surface area contributed by atoms with Crippen LogP contribution in [0, 0.1) is 0 Å². The standard InChI is InChI=1S/C20H18F2N4O3/c1-29-19(28)15-9-16(12-23-10-15)26-5-2-13-8-14(11-24-17(13)26)18(27)25-6-3-20(21,22)4-7-25/h2,5,8-12H,3-4,6-7H2,1H3. The van der Waals surface area contributed by atoms with E-state index >= 15 is 0 Å². The molecule has 4 heterocycles. The molecule has 4 rings (SSSR count). The molecule has 150 valence electrons. The van der Waals surface area contributed by atoms with Gasteiger partial charge in [0, 0.05) is 49.9 Å². The van der Waals surface area contributed by atoms with E-state index in [-0.39, 0.29) is 31.8 Å². The highest BCUT2D eigenvalue weighted by atomic mass is 19.3. The molecule has 0 aliphatic carbocycles. The number of methoxy groups -OCH3 is 1. The average molecular weight is 400 g/mol. The molecule has 0 radical (unpaired) electrons. The van der Waals surface area contributed by atoms with Crippen molar-refractivity contribution in [3.63, 3.8) is 0 Å². The second-order valence-electron chi connectivity index (χ2n) is 6.89. The molecule has 0 N–H and O–H groups in total. The zero-order valence-corrected chi connectivity index (χ0v) is 15.6. The molecule has 1 aliphatic heterocycles. The van der Waals surface area contributed by atoms with E-state index in [0.717, 1.165) is 0 Å². The van der Waals surface area contributed by atoms with Gasteiger partial charge in [0.15, 0.2) is 0 Å². The molecule has 0 unspecified atom stereocenters.